The van der Waals surface area contributed by atoms with E-state index < -0.39 is 68.1 Å². The van der Waals surface area contributed by atoms with Gasteiger partial charge in [-0.05, 0) is 6.08 Å². The molecule has 7 N–H and O–H groups in total. The van der Waals surface area contributed by atoms with Gasteiger partial charge in [-0.15, -0.1) is 0 Å². The van der Waals surface area contributed by atoms with Crippen molar-refractivity contribution in [1.29, 1.82) is 0 Å². The maximum absolute atomic E-state index is 10.1. The maximum atomic E-state index is 10.1. The number of rotatable bonds is 4. The highest BCUT2D eigenvalue weighted by Gasteiger charge is 2.51. The minimum absolute atomic E-state index is 0.136. The molecule has 0 spiro atoms. The zero-order valence-electron chi connectivity index (χ0n) is 13.1. The van der Waals surface area contributed by atoms with Crippen molar-refractivity contribution in [2.24, 2.45) is 11.8 Å². The average Bonchev–Trinajstić information content (AvgIpc) is 2.87. The van der Waals surface area contributed by atoms with Crippen LogP contribution in [0.25, 0.3) is 0 Å². The van der Waals surface area contributed by atoms with Crippen molar-refractivity contribution in [3.05, 3.63) is 23.7 Å². The number of hydrogen-bond donors (Lipinski definition) is 7. The van der Waals surface area contributed by atoms with Crippen LogP contribution < -0.4 is 0 Å². The molecule has 2 aliphatic heterocycles. The van der Waals surface area contributed by atoms with E-state index in [1.54, 1.807) is 0 Å². The summed E-state index contributed by atoms with van der Waals surface area (Å²) < 4.78 is 16.1. The van der Waals surface area contributed by atoms with E-state index in [4.69, 9.17) is 14.2 Å². The largest absolute Gasteiger partial charge is 0.509 e. The molecule has 0 saturated carbocycles. The first-order chi connectivity index (χ1) is 11.9. The third-order valence-electron chi connectivity index (χ3n) is 4.88. The Labute approximate surface area is 142 Å². The number of fused-ring (bicyclic) bond motifs is 1. The van der Waals surface area contributed by atoms with E-state index in [2.05, 4.69) is 0 Å². The average molecular weight is 362 g/mol. The van der Waals surface area contributed by atoms with Crippen molar-refractivity contribution in [3.8, 4) is 0 Å². The molecule has 3 rings (SSSR count). The lowest BCUT2D eigenvalue weighted by molar-refractivity contribution is -0.339. The van der Waals surface area contributed by atoms with E-state index in [1.807, 2.05) is 0 Å². The highest BCUT2D eigenvalue weighted by molar-refractivity contribution is 5.29. The van der Waals surface area contributed by atoms with Crippen LogP contribution in [-0.2, 0) is 14.2 Å². The summed E-state index contributed by atoms with van der Waals surface area (Å²) >= 11 is 0. The lowest BCUT2D eigenvalue weighted by Gasteiger charge is -2.42. The molecule has 3 aliphatic rings. The predicted molar refractivity (Wildman–Crippen MR) is 78.6 cm³/mol. The highest BCUT2D eigenvalue weighted by atomic mass is 16.8. The lowest BCUT2D eigenvalue weighted by atomic mass is 9.88. The monoisotopic (exact) mass is 362 g/mol. The topological polar surface area (TPSA) is 169 Å². The smallest absolute Gasteiger partial charge is 0.209 e. The molecular formula is C15H22O10. The second-order valence-corrected chi connectivity index (χ2v) is 6.28. The van der Waals surface area contributed by atoms with Crippen LogP contribution in [0.3, 0.4) is 0 Å². The Balaban J connectivity index is 1.79. The van der Waals surface area contributed by atoms with Gasteiger partial charge in [-0.2, -0.15) is 0 Å². The van der Waals surface area contributed by atoms with Crippen molar-refractivity contribution in [2.45, 2.75) is 43.1 Å². The van der Waals surface area contributed by atoms with Crippen LogP contribution in [0.4, 0.5) is 0 Å². The van der Waals surface area contributed by atoms with Crippen LogP contribution in [-0.4, -0.2) is 92.1 Å². The van der Waals surface area contributed by atoms with Crippen LogP contribution in [0.5, 0.6) is 0 Å². The van der Waals surface area contributed by atoms with E-state index in [0.717, 1.165) is 0 Å². The molecule has 1 fully saturated rings. The molecule has 1 saturated heterocycles. The Kier molecular flexibility index (Phi) is 5.32. The van der Waals surface area contributed by atoms with Crippen LogP contribution in [0.1, 0.15) is 0 Å². The molecule has 10 nitrogen and oxygen atoms in total. The molecule has 10 heteroatoms. The van der Waals surface area contributed by atoms with Gasteiger partial charge in [-0.25, -0.2) is 0 Å². The predicted octanol–water partition coefficient (Wildman–Crippen LogP) is -2.92. The summed E-state index contributed by atoms with van der Waals surface area (Å²) in [6.07, 6.45) is -6.93. The quantitative estimate of drug-likeness (QED) is 0.275. The standard InChI is InChI=1S/C15H22O10/c16-3-6-8-5(9(18)10(6)19)1-2-23-14(8)25-15-13(22)12(21)11(20)7(4-17)24-15/h1-2,5,7-9,11-22H,3-4H2/t5-,7-,8+,9+,11-,12+,13-,14+,15+/m0/s1. The summed E-state index contributed by atoms with van der Waals surface area (Å²) in [7, 11) is 0. The maximum Gasteiger partial charge on any atom is 0.209 e. The van der Waals surface area contributed by atoms with Gasteiger partial charge in [0.1, 0.15) is 36.3 Å². The summed E-state index contributed by atoms with van der Waals surface area (Å²) in [4.78, 5) is 0. The first-order valence-electron chi connectivity index (χ1n) is 7.89. The molecule has 1 aliphatic carbocycles. The fraction of sp³-hybridized carbons (Fsp3) is 0.733. The van der Waals surface area contributed by atoms with Crippen LogP contribution in [0, 0.1) is 11.8 Å². The summed E-state index contributed by atoms with van der Waals surface area (Å²) in [5.74, 6) is -1.71. The van der Waals surface area contributed by atoms with E-state index in [-0.39, 0.29) is 11.3 Å². The SMILES string of the molecule is OCC1=C(O)[C@H](O)[C@H]2C=CO[C@H](O[C@H]3O[C@@H](CO)[C@H](O)[C@@H](O)[C@@H]3O)[C@@H]12. The first kappa shape index (κ1) is 18.5. The minimum Gasteiger partial charge on any atom is -0.509 e. The van der Waals surface area contributed by atoms with E-state index in [9.17, 15) is 35.7 Å². The van der Waals surface area contributed by atoms with Crippen molar-refractivity contribution in [1.82, 2.24) is 0 Å². The van der Waals surface area contributed by atoms with Gasteiger partial charge in [0, 0.05) is 11.5 Å². The zero-order valence-corrected chi connectivity index (χ0v) is 13.1. The van der Waals surface area contributed by atoms with Crippen LogP contribution >= 0.6 is 0 Å². The minimum atomic E-state index is -1.62. The summed E-state index contributed by atoms with van der Waals surface area (Å²) in [5.41, 5.74) is 0.136. The van der Waals surface area contributed by atoms with Gasteiger partial charge in [0.05, 0.1) is 25.4 Å². The Morgan fingerprint density at radius 2 is 1.72 bits per heavy atom. The number of hydrogen-bond acceptors (Lipinski definition) is 10. The summed E-state index contributed by atoms with van der Waals surface area (Å²) in [5, 5.41) is 68.3. The third-order valence-corrected chi connectivity index (χ3v) is 4.88. The second kappa shape index (κ2) is 7.17. The molecule has 0 amide bonds. The number of aliphatic hydroxyl groups excluding tert-OH is 7. The van der Waals surface area contributed by atoms with Gasteiger partial charge in [0.2, 0.25) is 6.29 Å². The molecule has 142 valence electrons. The molecule has 9 atom stereocenters. The van der Waals surface area contributed by atoms with Gasteiger partial charge in [0.15, 0.2) is 6.29 Å². The summed E-state index contributed by atoms with van der Waals surface area (Å²) in [6, 6.07) is 0. The fourth-order valence-electron chi connectivity index (χ4n) is 3.46. The molecule has 0 bridgehead atoms. The van der Waals surface area contributed by atoms with Gasteiger partial charge in [-0.3, -0.25) is 0 Å². The van der Waals surface area contributed by atoms with Gasteiger partial charge < -0.3 is 50.0 Å². The Morgan fingerprint density at radius 1 is 1.00 bits per heavy atom. The molecule has 25 heavy (non-hydrogen) atoms. The number of ether oxygens (including phenoxy) is 3. The highest BCUT2D eigenvalue weighted by Crippen LogP contribution is 2.43. The Hall–Kier alpha value is -1.24. The molecule has 0 radical (unpaired) electrons. The molecular weight excluding hydrogens is 340 g/mol. The van der Waals surface area contributed by atoms with E-state index in [0.29, 0.717) is 0 Å². The van der Waals surface area contributed by atoms with Gasteiger partial charge in [0.25, 0.3) is 0 Å². The van der Waals surface area contributed by atoms with Crippen molar-refractivity contribution in [2.75, 3.05) is 13.2 Å². The normalized spacial score (nSPS) is 46.9. The van der Waals surface area contributed by atoms with E-state index in [1.165, 1.54) is 12.3 Å². The fourth-order valence-corrected chi connectivity index (χ4v) is 3.46. The molecule has 0 aromatic carbocycles. The zero-order chi connectivity index (χ0) is 18.3. The van der Waals surface area contributed by atoms with Gasteiger partial charge >= 0.3 is 0 Å². The van der Waals surface area contributed by atoms with Crippen LogP contribution in [0.15, 0.2) is 23.7 Å². The lowest BCUT2D eigenvalue weighted by Crippen LogP contribution is -2.60. The Bertz CT molecular complexity index is 546. The summed E-state index contributed by atoms with van der Waals surface area (Å²) in [6.45, 7) is -1.14. The molecule has 0 unspecified atom stereocenters. The molecule has 0 aromatic heterocycles. The molecule has 2 heterocycles. The van der Waals surface area contributed by atoms with E-state index >= 15 is 0 Å². The second-order valence-electron chi connectivity index (χ2n) is 6.28. The number of aliphatic hydroxyl groups is 7. The first-order valence-corrected chi connectivity index (χ1v) is 7.89. The van der Waals surface area contributed by atoms with Crippen molar-refractivity contribution >= 4 is 0 Å². The van der Waals surface area contributed by atoms with Crippen LogP contribution in [0.2, 0.25) is 0 Å². The third kappa shape index (κ3) is 3.04. The van der Waals surface area contributed by atoms with Crippen molar-refractivity contribution < 1.29 is 50.0 Å². The van der Waals surface area contributed by atoms with Crippen molar-refractivity contribution in [3.63, 3.8) is 0 Å². The Morgan fingerprint density at radius 3 is 2.36 bits per heavy atom. The molecule has 0 aromatic rings. The van der Waals surface area contributed by atoms with Gasteiger partial charge in [-0.1, -0.05) is 0 Å².